The maximum atomic E-state index is 12.6. The average molecular weight is 478 g/mol. The summed E-state index contributed by atoms with van der Waals surface area (Å²) in [6.07, 6.45) is 11.4. The first-order valence-corrected chi connectivity index (χ1v) is 11.1. The quantitative estimate of drug-likeness (QED) is 0.441. The van der Waals surface area contributed by atoms with Crippen LogP contribution in [0, 0.1) is 0 Å². The fourth-order valence-electron chi connectivity index (χ4n) is 4.06. The third kappa shape index (κ3) is 5.18. The monoisotopic (exact) mass is 477 g/mol. The normalized spacial score (nSPS) is 14.1. The zero-order valence-electron chi connectivity index (χ0n) is 19.3. The van der Waals surface area contributed by atoms with E-state index in [0.717, 1.165) is 54.0 Å². The molecule has 9 heteroatoms. The minimum Gasteiger partial charge on any atom is -0.344 e. The van der Waals surface area contributed by atoms with Gasteiger partial charge in [0.1, 0.15) is 6.54 Å². The summed E-state index contributed by atoms with van der Waals surface area (Å²) in [5.41, 5.74) is 5.02. The molecule has 1 aromatic carbocycles. The summed E-state index contributed by atoms with van der Waals surface area (Å²) in [6.45, 7) is 3.79. The van der Waals surface area contributed by atoms with Crippen molar-refractivity contribution in [2.75, 3.05) is 33.2 Å². The number of halogens is 1. The Balaban J connectivity index is 0.00000274. The SMILES string of the molecule is CN1CCN(C(=O)Cn2ccc(-c3cnc(-c4cccc(-c5cnn(C)c5)c4)nc3)c2)CC1.Cl. The van der Waals surface area contributed by atoms with E-state index in [4.69, 9.17) is 0 Å². The molecule has 4 aromatic rings. The number of hydrogen-bond donors (Lipinski definition) is 0. The van der Waals surface area contributed by atoms with E-state index in [9.17, 15) is 4.79 Å². The number of aryl methyl sites for hydroxylation is 1. The Labute approximate surface area is 205 Å². The summed E-state index contributed by atoms with van der Waals surface area (Å²) in [5.74, 6) is 0.833. The van der Waals surface area contributed by atoms with Gasteiger partial charge in [0.15, 0.2) is 5.82 Å². The first kappa shape index (κ1) is 23.7. The van der Waals surface area contributed by atoms with E-state index in [2.05, 4.69) is 39.1 Å². The van der Waals surface area contributed by atoms with Crippen LogP contribution >= 0.6 is 12.4 Å². The third-order valence-electron chi connectivity index (χ3n) is 6.07. The fourth-order valence-corrected chi connectivity index (χ4v) is 4.06. The second-order valence-electron chi connectivity index (χ2n) is 8.54. The molecular formula is C25H28ClN7O. The number of nitrogens with zero attached hydrogens (tertiary/aromatic N) is 7. The minimum atomic E-state index is 0. The van der Waals surface area contributed by atoms with E-state index >= 15 is 0 Å². The number of hydrogen-bond acceptors (Lipinski definition) is 5. The van der Waals surface area contributed by atoms with Gasteiger partial charge in [-0.25, -0.2) is 9.97 Å². The second-order valence-corrected chi connectivity index (χ2v) is 8.54. The van der Waals surface area contributed by atoms with Crippen LogP contribution < -0.4 is 0 Å². The fraction of sp³-hybridized carbons (Fsp3) is 0.280. The summed E-state index contributed by atoms with van der Waals surface area (Å²) < 4.78 is 3.72. The van der Waals surface area contributed by atoms with Crippen LogP contribution in [0.1, 0.15) is 0 Å². The predicted octanol–water partition coefficient (Wildman–Crippen LogP) is 3.21. The largest absolute Gasteiger partial charge is 0.344 e. The molecule has 0 saturated carbocycles. The summed E-state index contributed by atoms with van der Waals surface area (Å²) in [4.78, 5) is 26.0. The Bertz CT molecular complexity index is 1260. The van der Waals surface area contributed by atoms with Gasteiger partial charge >= 0.3 is 0 Å². The van der Waals surface area contributed by atoms with Crippen molar-refractivity contribution in [2.45, 2.75) is 6.54 Å². The van der Waals surface area contributed by atoms with Crippen LogP contribution in [0.25, 0.3) is 33.6 Å². The molecule has 176 valence electrons. The molecule has 4 heterocycles. The minimum absolute atomic E-state index is 0. The van der Waals surface area contributed by atoms with Crippen LogP contribution in [0.3, 0.4) is 0 Å². The Morgan fingerprint density at radius 1 is 0.853 bits per heavy atom. The topological polar surface area (TPSA) is 72.1 Å². The second kappa shape index (κ2) is 10.2. The lowest BCUT2D eigenvalue weighted by molar-refractivity contribution is -0.133. The molecular weight excluding hydrogens is 450 g/mol. The zero-order valence-corrected chi connectivity index (χ0v) is 20.1. The smallest absolute Gasteiger partial charge is 0.242 e. The van der Waals surface area contributed by atoms with Gasteiger partial charge in [0.05, 0.1) is 6.20 Å². The van der Waals surface area contributed by atoms with Crippen molar-refractivity contribution < 1.29 is 4.79 Å². The Morgan fingerprint density at radius 2 is 1.59 bits per heavy atom. The maximum absolute atomic E-state index is 12.6. The van der Waals surface area contributed by atoms with Crippen LogP contribution in [-0.4, -0.2) is 73.2 Å². The summed E-state index contributed by atoms with van der Waals surface area (Å²) in [5, 5.41) is 4.25. The lowest BCUT2D eigenvalue weighted by Gasteiger charge is -2.32. The van der Waals surface area contributed by atoms with E-state index in [0.29, 0.717) is 12.4 Å². The molecule has 1 amide bonds. The summed E-state index contributed by atoms with van der Waals surface area (Å²) >= 11 is 0. The molecule has 0 aliphatic carbocycles. The number of amides is 1. The number of benzene rings is 1. The first-order valence-electron chi connectivity index (χ1n) is 11.1. The van der Waals surface area contributed by atoms with Gasteiger partial charge in [-0.05, 0) is 24.7 Å². The highest BCUT2D eigenvalue weighted by Crippen LogP contribution is 2.25. The number of likely N-dealkylation sites (N-methyl/N-ethyl adjacent to an activating group) is 1. The average Bonchev–Trinajstić information content (AvgIpc) is 3.49. The highest BCUT2D eigenvalue weighted by atomic mass is 35.5. The molecule has 3 aromatic heterocycles. The molecule has 5 rings (SSSR count). The van der Waals surface area contributed by atoms with Crippen molar-refractivity contribution in [3.63, 3.8) is 0 Å². The van der Waals surface area contributed by atoms with E-state index in [1.165, 1.54) is 0 Å². The van der Waals surface area contributed by atoms with Gasteiger partial charge in [-0.1, -0.05) is 18.2 Å². The maximum Gasteiger partial charge on any atom is 0.242 e. The third-order valence-corrected chi connectivity index (χ3v) is 6.07. The van der Waals surface area contributed by atoms with Crippen molar-refractivity contribution in [1.82, 2.24) is 34.1 Å². The predicted molar refractivity (Wildman–Crippen MR) is 134 cm³/mol. The Kier molecular flexibility index (Phi) is 7.09. The van der Waals surface area contributed by atoms with Gasteiger partial charge < -0.3 is 14.4 Å². The molecule has 0 atom stereocenters. The zero-order chi connectivity index (χ0) is 22.8. The van der Waals surface area contributed by atoms with Gasteiger partial charge in [-0.2, -0.15) is 5.10 Å². The van der Waals surface area contributed by atoms with Crippen LogP contribution in [-0.2, 0) is 18.4 Å². The van der Waals surface area contributed by atoms with Crippen LogP contribution in [0.2, 0.25) is 0 Å². The van der Waals surface area contributed by atoms with Crippen molar-refractivity contribution in [1.29, 1.82) is 0 Å². The molecule has 1 aliphatic heterocycles. The molecule has 0 radical (unpaired) electrons. The van der Waals surface area contributed by atoms with Gasteiger partial charge in [-0.15, -0.1) is 12.4 Å². The van der Waals surface area contributed by atoms with E-state index < -0.39 is 0 Å². The number of rotatable bonds is 5. The highest BCUT2D eigenvalue weighted by Gasteiger charge is 2.19. The molecule has 8 nitrogen and oxygen atoms in total. The van der Waals surface area contributed by atoms with Crippen molar-refractivity contribution in [3.8, 4) is 33.6 Å². The number of carbonyl (C=O) groups excluding carboxylic acids is 1. The Morgan fingerprint density at radius 3 is 2.29 bits per heavy atom. The van der Waals surface area contributed by atoms with Gasteiger partial charge in [0.25, 0.3) is 0 Å². The molecule has 1 aliphatic rings. The van der Waals surface area contributed by atoms with Gasteiger partial charge in [0.2, 0.25) is 5.91 Å². The van der Waals surface area contributed by atoms with Crippen LogP contribution in [0.5, 0.6) is 0 Å². The first-order chi connectivity index (χ1) is 16.0. The molecule has 1 saturated heterocycles. The van der Waals surface area contributed by atoms with E-state index in [-0.39, 0.29) is 18.3 Å². The van der Waals surface area contributed by atoms with Crippen molar-refractivity contribution in [2.24, 2.45) is 7.05 Å². The van der Waals surface area contributed by atoms with Gasteiger partial charge in [0, 0.05) is 86.5 Å². The number of piperazine rings is 1. The van der Waals surface area contributed by atoms with E-state index in [1.807, 2.05) is 71.9 Å². The van der Waals surface area contributed by atoms with Gasteiger partial charge in [-0.3, -0.25) is 9.48 Å². The molecule has 1 fully saturated rings. The molecule has 0 spiro atoms. The lowest BCUT2D eigenvalue weighted by atomic mass is 10.1. The standard InChI is InChI=1S/C25H27N7O.ClH/c1-29-8-10-32(11-9-29)24(33)18-31-7-6-21(17-31)22-13-26-25(27-14-22)20-5-3-4-19(12-20)23-15-28-30(2)16-23;/h3-7,12-17H,8-11,18H2,1-2H3;1H. The summed E-state index contributed by atoms with van der Waals surface area (Å²) in [7, 11) is 4.00. The Hall–Kier alpha value is -3.49. The number of carbonyl (C=O) groups is 1. The van der Waals surface area contributed by atoms with Crippen molar-refractivity contribution >= 4 is 18.3 Å². The molecule has 0 unspecified atom stereocenters. The van der Waals surface area contributed by atoms with E-state index in [1.54, 1.807) is 4.68 Å². The number of aromatic nitrogens is 5. The van der Waals surface area contributed by atoms with Crippen molar-refractivity contribution in [3.05, 3.63) is 67.5 Å². The molecule has 0 bridgehead atoms. The molecule has 34 heavy (non-hydrogen) atoms. The highest BCUT2D eigenvalue weighted by molar-refractivity contribution is 5.85. The van der Waals surface area contributed by atoms with Crippen LogP contribution in [0.4, 0.5) is 0 Å². The molecule has 0 N–H and O–H groups in total. The summed E-state index contributed by atoms with van der Waals surface area (Å²) in [6, 6.07) is 10.1. The van der Waals surface area contributed by atoms with Crippen LogP contribution in [0.15, 0.2) is 67.5 Å². The lowest BCUT2D eigenvalue weighted by Crippen LogP contribution is -2.48.